The van der Waals surface area contributed by atoms with Crippen molar-refractivity contribution in [3.8, 4) is 0 Å². The first-order chi connectivity index (χ1) is 13.9. The molecule has 146 valence electrons. The normalized spacial score (nSPS) is 13.8. The van der Waals surface area contributed by atoms with Crippen molar-refractivity contribution >= 4 is 23.2 Å². The molecule has 0 saturated heterocycles. The highest BCUT2D eigenvalue weighted by atomic mass is 16.2. The summed E-state index contributed by atoms with van der Waals surface area (Å²) >= 11 is 0. The standard InChI is InChI=1S/C23H21N3O3/c1-15(2)16-7-9-17(10-8-16)24-20(27)13-25-11-12-26(14-25)21-22(28)18-5-3-4-6-19(18)23(21)29/h3-12,14-15,21H,13H2,1-2H3/p+1. The van der Waals surface area contributed by atoms with Gasteiger partial charge in [-0.2, -0.15) is 0 Å². The van der Waals surface area contributed by atoms with Crippen molar-refractivity contribution in [1.29, 1.82) is 0 Å². The lowest BCUT2D eigenvalue weighted by atomic mass is 10.0. The molecule has 1 amide bonds. The molecule has 6 nitrogen and oxygen atoms in total. The lowest BCUT2D eigenvalue weighted by molar-refractivity contribution is -0.683. The van der Waals surface area contributed by atoms with E-state index in [4.69, 9.17) is 0 Å². The molecule has 29 heavy (non-hydrogen) atoms. The smallest absolute Gasteiger partial charge is 0.266 e. The molecule has 0 fully saturated rings. The number of rotatable bonds is 5. The van der Waals surface area contributed by atoms with Gasteiger partial charge in [-0.25, -0.2) is 9.13 Å². The van der Waals surface area contributed by atoms with Crippen molar-refractivity contribution in [2.45, 2.75) is 32.4 Å². The molecular weight excluding hydrogens is 366 g/mol. The van der Waals surface area contributed by atoms with Crippen LogP contribution in [0, 0.1) is 0 Å². The van der Waals surface area contributed by atoms with E-state index in [1.165, 1.54) is 5.56 Å². The number of Topliss-reactive ketones (excluding diaryl/α,β-unsaturated/α-hetero) is 2. The van der Waals surface area contributed by atoms with Gasteiger partial charge in [0.15, 0.2) is 6.54 Å². The van der Waals surface area contributed by atoms with Crippen LogP contribution in [0.5, 0.6) is 0 Å². The number of benzene rings is 2. The molecule has 2 aromatic carbocycles. The number of imidazole rings is 1. The van der Waals surface area contributed by atoms with Gasteiger partial charge in [0.05, 0.1) is 0 Å². The first-order valence-corrected chi connectivity index (χ1v) is 9.58. The summed E-state index contributed by atoms with van der Waals surface area (Å²) in [5.74, 6) is -0.189. The summed E-state index contributed by atoms with van der Waals surface area (Å²) in [5.41, 5.74) is 2.84. The molecule has 1 aliphatic rings. The molecular formula is C23H22N3O3+. The van der Waals surface area contributed by atoms with Gasteiger partial charge in [0.25, 0.3) is 5.91 Å². The van der Waals surface area contributed by atoms with Crippen LogP contribution in [-0.2, 0) is 11.3 Å². The van der Waals surface area contributed by atoms with Crippen LogP contribution in [0.4, 0.5) is 5.69 Å². The maximum absolute atomic E-state index is 12.6. The molecule has 4 rings (SSSR count). The number of nitrogens with zero attached hydrogens (tertiary/aromatic N) is 2. The topological polar surface area (TPSA) is 72.1 Å². The van der Waals surface area contributed by atoms with E-state index in [-0.39, 0.29) is 24.0 Å². The van der Waals surface area contributed by atoms with Crippen LogP contribution in [-0.4, -0.2) is 22.0 Å². The van der Waals surface area contributed by atoms with Crippen molar-refractivity contribution in [2.75, 3.05) is 5.32 Å². The van der Waals surface area contributed by atoms with E-state index in [9.17, 15) is 14.4 Å². The second kappa shape index (κ2) is 7.47. The number of hydrogen-bond donors (Lipinski definition) is 1. The largest absolute Gasteiger partial charge is 0.323 e. The number of fused-ring (bicyclic) bond motifs is 1. The van der Waals surface area contributed by atoms with E-state index in [0.29, 0.717) is 17.0 Å². The first-order valence-electron chi connectivity index (χ1n) is 9.58. The number of nitrogens with one attached hydrogen (secondary N) is 1. The number of hydrogen-bond acceptors (Lipinski definition) is 3. The highest BCUT2D eigenvalue weighted by Crippen LogP contribution is 2.29. The molecule has 1 N–H and O–H groups in total. The molecule has 0 unspecified atom stereocenters. The summed E-state index contributed by atoms with van der Waals surface area (Å²) in [6, 6.07) is 13.7. The van der Waals surface area contributed by atoms with Crippen LogP contribution in [0.1, 0.15) is 52.1 Å². The second-order valence-corrected chi connectivity index (χ2v) is 7.53. The lowest BCUT2D eigenvalue weighted by Crippen LogP contribution is -2.39. The Labute approximate surface area is 168 Å². The summed E-state index contributed by atoms with van der Waals surface area (Å²) in [7, 11) is 0. The number of anilines is 1. The molecule has 0 atom stereocenters. The van der Waals surface area contributed by atoms with Crippen molar-refractivity contribution in [3.63, 3.8) is 0 Å². The lowest BCUT2D eigenvalue weighted by Gasteiger charge is -2.07. The van der Waals surface area contributed by atoms with Gasteiger partial charge in [-0.05, 0) is 23.6 Å². The van der Waals surface area contributed by atoms with Crippen molar-refractivity contribution < 1.29 is 19.0 Å². The summed E-state index contributed by atoms with van der Waals surface area (Å²) in [6.07, 6.45) is 4.95. The summed E-state index contributed by atoms with van der Waals surface area (Å²) in [6.45, 7) is 4.32. The van der Waals surface area contributed by atoms with Gasteiger partial charge in [-0.3, -0.25) is 14.4 Å². The Morgan fingerprint density at radius 3 is 2.24 bits per heavy atom. The molecule has 0 radical (unpaired) electrons. The first kappa shape index (κ1) is 18.8. The third-order valence-electron chi connectivity index (χ3n) is 5.15. The van der Waals surface area contributed by atoms with Gasteiger partial charge >= 0.3 is 0 Å². The van der Waals surface area contributed by atoms with Crippen molar-refractivity contribution in [1.82, 2.24) is 4.57 Å². The molecule has 1 aromatic heterocycles. The van der Waals surface area contributed by atoms with Crippen molar-refractivity contribution in [2.24, 2.45) is 0 Å². The minimum absolute atomic E-state index is 0.0843. The average molecular weight is 388 g/mol. The Bertz CT molecular complexity index is 1060. The van der Waals surface area contributed by atoms with Gasteiger partial charge in [0.2, 0.25) is 23.9 Å². The number of amides is 1. The fourth-order valence-electron chi connectivity index (χ4n) is 3.57. The van der Waals surface area contributed by atoms with Crippen LogP contribution >= 0.6 is 0 Å². The highest BCUT2D eigenvalue weighted by Gasteiger charge is 2.42. The number of carbonyl (C=O) groups excluding carboxylic acids is 3. The minimum Gasteiger partial charge on any atom is -0.323 e. The van der Waals surface area contributed by atoms with Crippen LogP contribution in [0.2, 0.25) is 0 Å². The van der Waals surface area contributed by atoms with E-state index in [0.717, 1.165) is 5.69 Å². The van der Waals surface area contributed by atoms with Crippen LogP contribution < -0.4 is 9.88 Å². The average Bonchev–Trinajstić information content (AvgIpc) is 3.25. The summed E-state index contributed by atoms with van der Waals surface area (Å²) in [5, 5.41) is 2.86. The van der Waals surface area contributed by atoms with E-state index in [2.05, 4.69) is 19.2 Å². The third kappa shape index (κ3) is 3.61. The predicted molar refractivity (Wildman–Crippen MR) is 108 cm³/mol. The molecule has 0 spiro atoms. The Kier molecular flexibility index (Phi) is 4.84. The third-order valence-corrected chi connectivity index (χ3v) is 5.15. The zero-order valence-corrected chi connectivity index (χ0v) is 16.3. The number of carbonyl (C=O) groups is 3. The zero-order valence-electron chi connectivity index (χ0n) is 16.3. The number of ketones is 2. The Morgan fingerprint density at radius 1 is 1.03 bits per heavy atom. The second-order valence-electron chi connectivity index (χ2n) is 7.53. The van der Waals surface area contributed by atoms with Crippen molar-refractivity contribution in [3.05, 3.63) is 83.9 Å². The molecule has 0 aliphatic heterocycles. The van der Waals surface area contributed by atoms with E-state index >= 15 is 0 Å². The quantitative estimate of drug-likeness (QED) is 0.539. The molecule has 0 bridgehead atoms. The molecule has 1 heterocycles. The van der Waals surface area contributed by atoms with Gasteiger partial charge in [-0.1, -0.05) is 50.2 Å². The van der Waals surface area contributed by atoms with E-state index in [1.807, 2.05) is 24.3 Å². The van der Waals surface area contributed by atoms with E-state index < -0.39 is 6.04 Å². The molecule has 6 heteroatoms. The van der Waals surface area contributed by atoms with Gasteiger partial charge < -0.3 is 5.32 Å². The van der Waals surface area contributed by atoms with E-state index in [1.54, 1.807) is 52.1 Å². The van der Waals surface area contributed by atoms with Crippen LogP contribution in [0.15, 0.2) is 67.3 Å². The fraction of sp³-hybridized carbons (Fsp3) is 0.217. The van der Waals surface area contributed by atoms with Gasteiger partial charge in [0, 0.05) is 16.8 Å². The molecule has 0 saturated carbocycles. The SMILES string of the molecule is CC(C)c1ccc(NC(=O)C[n+]2ccn(C3C(=O)c4ccccc4C3=O)c2)cc1. The van der Waals surface area contributed by atoms with Crippen LogP contribution in [0.25, 0.3) is 0 Å². The summed E-state index contributed by atoms with van der Waals surface area (Å²) < 4.78 is 3.22. The minimum atomic E-state index is -0.903. The predicted octanol–water partition coefficient (Wildman–Crippen LogP) is 3.16. The van der Waals surface area contributed by atoms with Gasteiger partial charge in [-0.15, -0.1) is 0 Å². The van der Waals surface area contributed by atoms with Gasteiger partial charge in [0.1, 0.15) is 12.4 Å². The Morgan fingerprint density at radius 2 is 1.66 bits per heavy atom. The fourth-order valence-corrected chi connectivity index (χ4v) is 3.57. The monoisotopic (exact) mass is 388 g/mol. The van der Waals surface area contributed by atoms with Crippen LogP contribution in [0.3, 0.4) is 0 Å². The highest BCUT2D eigenvalue weighted by molar-refractivity contribution is 6.27. The number of aromatic nitrogens is 2. The zero-order chi connectivity index (χ0) is 20.5. The molecule has 1 aliphatic carbocycles. The molecule has 3 aromatic rings. The maximum atomic E-state index is 12.6. The Hall–Kier alpha value is -3.54. The summed E-state index contributed by atoms with van der Waals surface area (Å²) in [4.78, 5) is 37.6. The maximum Gasteiger partial charge on any atom is 0.266 e. The Balaban J connectivity index is 1.44.